The van der Waals surface area contributed by atoms with Gasteiger partial charge < -0.3 is 19.9 Å². The smallest absolute Gasteiger partial charge is 0.319 e. The molecule has 35 heavy (non-hydrogen) atoms. The molecule has 0 aliphatic carbocycles. The number of amides is 2. The van der Waals surface area contributed by atoms with E-state index in [9.17, 15) is 4.79 Å². The van der Waals surface area contributed by atoms with Crippen LogP contribution in [0, 0.1) is 0 Å². The number of carbonyl (C=O) groups excluding carboxylic acids is 1. The van der Waals surface area contributed by atoms with Crippen molar-refractivity contribution in [3.63, 3.8) is 0 Å². The summed E-state index contributed by atoms with van der Waals surface area (Å²) < 4.78 is 5.27. The average Bonchev–Trinajstić information content (AvgIpc) is 3.25. The number of fused-ring (bicyclic) bond motifs is 3. The van der Waals surface area contributed by atoms with Crippen molar-refractivity contribution in [2.24, 2.45) is 0 Å². The Morgan fingerprint density at radius 2 is 2.03 bits per heavy atom. The summed E-state index contributed by atoms with van der Waals surface area (Å²) in [6, 6.07) is 9.56. The number of rotatable bonds is 5. The summed E-state index contributed by atoms with van der Waals surface area (Å²) >= 11 is 7.96. The third-order valence-corrected chi connectivity index (χ3v) is 7.37. The highest BCUT2D eigenvalue weighted by Crippen LogP contribution is 2.39. The summed E-state index contributed by atoms with van der Waals surface area (Å²) in [7, 11) is 5.16. The van der Waals surface area contributed by atoms with Crippen LogP contribution < -0.4 is 10.1 Å². The van der Waals surface area contributed by atoms with E-state index in [1.165, 1.54) is 5.56 Å². The van der Waals surface area contributed by atoms with Crippen LogP contribution in [0.2, 0.25) is 5.02 Å². The van der Waals surface area contributed by atoms with E-state index in [-0.39, 0.29) is 6.03 Å². The van der Waals surface area contributed by atoms with E-state index in [4.69, 9.17) is 26.3 Å². The second-order valence-corrected chi connectivity index (χ2v) is 9.98. The van der Waals surface area contributed by atoms with Crippen LogP contribution in [0.25, 0.3) is 21.6 Å². The molecule has 0 radical (unpaired) electrons. The molecule has 3 aromatic heterocycles. The minimum Gasteiger partial charge on any atom is -0.495 e. The molecule has 1 aliphatic heterocycles. The lowest BCUT2D eigenvalue weighted by atomic mass is 10.0. The van der Waals surface area contributed by atoms with Gasteiger partial charge in [0.2, 0.25) is 0 Å². The van der Waals surface area contributed by atoms with Crippen LogP contribution in [0.3, 0.4) is 0 Å². The fourth-order valence-electron chi connectivity index (χ4n) is 4.20. The van der Waals surface area contributed by atoms with Gasteiger partial charge in [0, 0.05) is 50.0 Å². The van der Waals surface area contributed by atoms with E-state index in [2.05, 4.69) is 10.3 Å². The molecule has 180 valence electrons. The zero-order chi connectivity index (χ0) is 24.5. The Hall–Kier alpha value is -3.43. The van der Waals surface area contributed by atoms with Crippen LogP contribution in [0.15, 0.2) is 42.7 Å². The van der Waals surface area contributed by atoms with Gasteiger partial charge in [-0.1, -0.05) is 17.7 Å². The number of methoxy groups -OCH3 is 1. The minimum atomic E-state index is 0.0198. The molecule has 0 atom stereocenters. The second kappa shape index (κ2) is 9.67. The van der Waals surface area contributed by atoms with Gasteiger partial charge in [-0.25, -0.2) is 14.8 Å². The number of anilines is 1. The van der Waals surface area contributed by atoms with Crippen molar-refractivity contribution < 1.29 is 9.53 Å². The molecule has 4 aromatic rings. The molecule has 0 saturated heterocycles. The Kier molecular flexibility index (Phi) is 6.44. The Morgan fingerprint density at radius 3 is 2.74 bits per heavy atom. The zero-order valence-corrected chi connectivity index (χ0v) is 21.3. The van der Waals surface area contributed by atoms with Gasteiger partial charge in [-0.2, -0.15) is 0 Å². The maximum absolute atomic E-state index is 12.6. The highest BCUT2D eigenvalue weighted by molar-refractivity contribution is 7.19. The van der Waals surface area contributed by atoms with Crippen molar-refractivity contribution in [3.8, 4) is 17.1 Å². The van der Waals surface area contributed by atoms with Gasteiger partial charge in [0.1, 0.15) is 16.4 Å². The van der Waals surface area contributed by atoms with Crippen LogP contribution in [0.1, 0.15) is 16.0 Å². The summed E-state index contributed by atoms with van der Waals surface area (Å²) in [5.41, 5.74) is 3.12. The number of aromatic nitrogens is 3. The van der Waals surface area contributed by atoms with E-state index in [1.807, 2.05) is 35.2 Å². The molecule has 0 spiro atoms. The Labute approximate surface area is 212 Å². The normalized spacial score (nSPS) is 13.0. The van der Waals surface area contributed by atoms with Crippen LogP contribution in [-0.2, 0) is 19.5 Å². The van der Waals surface area contributed by atoms with Gasteiger partial charge >= 0.3 is 6.03 Å². The highest BCUT2D eigenvalue weighted by atomic mass is 35.5. The Morgan fingerprint density at radius 1 is 1.23 bits per heavy atom. The van der Waals surface area contributed by atoms with E-state index in [0.717, 1.165) is 38.5 Å². The number of benzene rings is 1. The van der Waals surface area contributed by atoms with Gasteiger partial charge in [-0.3, -0.25) is 4.98 Å². The van der Waals surface area contributed by atoms with Crippen LogP contribution in [0.4, 0.5) is 10.6 Å². The molecular formula is C25H25ClN6O2S. The first kappa shape index (κ1) is 23.3. The molecule has 0 bridgehead atoms. The summed E-state index contributed by atoms with van der Waals surface area (Å²) in [4.78, 5) is 32.0. The van der Waals surface area contributed by atoms with E-state index >= 15 is 0 Å². The predicted octanol–water partition coefficient (Wildman–Crippen LogP) is 5.07. The van der Waals surface area contributed by atoms with Gasteiger partial charge in [0.05, 0.1) is 24.1 Å². The number of hydrogen-bond acceptors (Lipinski definition) is 7. The number of carbonyl (C=O) groups is 1. The lowest BCUT2D eigenvalue weighted by molar-refractivity contribution is 0.166. The van der Waals surface area contributed by atoms with E-state index < -0.39 is 0 Å². The Balaban J connectivity index is 1.54. The molecule has 0 fully saturated rings. The first-order chi connectivity index (χ1) is 16.9. The molecule has 10 heteroatoms. The fraction of sp³-hybridized carbons (Fsp3) is 0.280. The molecule has 2 amide bonds. The molecule has 8 nitrogen and oxygen atoms in total. The van der Waals surface area contributed by atoms with Crippen molar-refractivity contribution in [1.82, 2.24) is 24.8 Å². The number of urea groups is 1. The fourth-order valence-corrected chi connectivity index (χ4v) is 5.72. The molecule has 1 aromatic carbocycles. The van der Waals surface area contributed by atoms with Crippen molar-refractivity contribution in [2.75, 3.05) is 33.1 Å². The number of pyridine rings is 1. The zero-order valence-electron chi connectivity index (χ0n) is 19.7. The van der Waals surface area contributed by atoms with E-state index in [1.54, 1.807) is 49.8 Å². The van der Waals surface area contributed by atoms with Crippen LogP contribution in [-0.4, -0.2) is 58.5 Å². The lowest BCUT2D eigenvalue weighted by Gasteiger charge is -2.29. The van der Waals surface area contributed by atoms with Gasteiger partial charge in [-0.05, 0) is 41.8 Å². The maximum Gasteiger partial charge on any atom is 0.319 e. The third-order valence-electron chi connectivity index (χ3n) is 5.97. The molecule has 5 rings (SSSR count). The topological polar surface area (TPSA) is 83.5 Å². The van der Waals surface area contributed by atoms with Gasteiger partial charge in [0.25, 0.3) is 0 Å². The lowest BCUT2D eigenvalue weighted by Crippen LogP contribution is -2.41. The largest absolute Gasteiger partial charge is 0.495 e. The molecule has 1 aliphatic rings. The number of nitrogens with one attached hydrogen (secondary N) is 1. The van der Waals surface area contributed by atoms with Crippen molar-refractivity contribution in [3.05, 3.63) is 63.8 Å². The number of nitrogens with zero attached hydrogens (tertiary/aromatic N) is 5. The van der Waals surface area contributed by atoms with Gasteiger partial charge in [-0.15, -0.1) is 11.3 Å². The number of hydrogen-bond donors (Lipinski definition) is 1. The van der Waals surface area contributed by atoms with E-state index in [0.29, 0.717) is 36.2 Å². The maximum atomic E-state index is 12.6. The quantitative estimate of drug-likeness (QED) is 0.405. The van der Waals surface area contributed by atoms with Crippen LogP contribution >= 0.6 is 22.9 Å². The van der Waals surface area contributed by atoms with Crippen molar-refractivity contribution in [2.45, 2.75) is 19.5 Å². The standard InChI is InChI=1S/C25H25ClN6O2S/c1-31(2)25(33)32-11-8-17-20(14-32)35-24-21(17)23(29-22(30-24)16-6-9-27-10-7-16)28-13-15-4-5-19(34-3)18(26)12-15/h4-7,9-10,12H,8,11,13-14H2,1-3H3,(H,28,29,30). The summed E-state index contributed by atoms with van der Waals surface area (Å²) in [6.45, 7) is 1.78. The van der Waals surface area contributed by atoms with Crippen LogP contribution in [0.5, 0.6) is 5.75 Å². The Bertz CT molecular complexity index is 1390. The van der Waals surface area contributed by atoms with Crippen molar-refractivity contribution in [1.29, 1.82) is 0 Å². The van der Waals surface area contributed by atoms with Crippen molar-refractivity contribution >= 4 is 45.0 Å². The number of thiophene rings is 1. The highest BCUT2D eigenvalue weighted by Gasteiger charge is 2.27. The summed E-state index contributed by atoms with van der Waals surface area (Å²) in [5.74, 6) is 2.05. The third kappa shape index (κ3) is 4.61. The first-order valence-corrected chi connectivity index (χ1v) is 12.4. The molecular weight excluding hydrogens is 484 g/mol. The molecule has 0 saturated carbocycles. The SMILES string of the molecule is COc1ccc(CNc2nc(-c3ccncc3)nc3sc4c(c23)CCN(C(=O)N(C)C)C4)cc1Cl. The summed E-state index contributed by atoms with van der Waals surface area (Å²) in [5, 5.41) is 5.11. The predicted molar refractivity (Wildman–Crippen MR) is 139 cm³/mol. The molecule has 1 N–H and O–H groups in total. The monoisotopic (exact) mass is 508 g/mol. The summed E-state index contributed by atoms with van der Waals surface area (Å²) in [6.07, 6.45) is 4.23. The average molecular weight is 509 g/mol. The molecule has 4 heterocycles. The second-order valence-electron chi connectivity index (χ2n) is 8.49. The minimum absolute atomic E-state index is 0.0198. The molecule has 0 unspecified atom stereocenters. The first-order valence-electron chi connectivity index (χ1n) is 11.2. The number of ether oxygens (including phenoxy) is 1. The van der Waals surface area contributed by atoms with Gasteiger partial charge in [0.15, 0.2) is 5.82 Å². The number of halogens is 1.